The summed E-state index contributed by atoms with van der Waals surface area (Å²) in [7, 11) is 0. The first-order valence-corrected chi connectivity index (χ1v) is 9.84. The second kappa shape index (κ2) is 7.79. The first-order valence-electron chi connectivity index (χ1n) is 9.43. The van der Waals surface area contributed by atoms with Gasteiger partial charge >= 0.3 is 0 Å². The van der Waals surface area contributed by atoms with Crippen molar-refractivity contribution in [2.75, 3.05) is 18.3 Å². The Morgan fingerprint density at radius 2 is 1.77 bits per heavy atom. The van der Waals surface area contributed by atoms with Crippen LogP contribution in [0.1, 0.15) is 23.6 Å². The van der Waals surface area contributed by atoms with Crippen molar-refractivity contribution in [3.05, 3.63) is 52.6 Å². The molecule has 2 aromatic carbocycles. The number of carbonyl (C=O) groups excluding carboxylic acids is 2. The van der Waals surface area contributed by atoms with Crippen molar-refractivity contribution in [2.45, 2.75) is 20.8 Å². The van der Waals surface area contributed by atoms with Gasteiger partial charge in [-0.2, -0.15) is 0 Å². The standard InChI is InChI=1S/C22H20N2O5S/c1-4-27-17-10-19-18(28-11-29-19)9-14(17)8-16-20(25)23-22(30)24(21(16)26)15-6-12(2)5-13(3)7-15/h5-10H,4,11H2,1-3H3,(H,23,25,30). The molecule has 1 N–H and O–H groups in total. The van der Waals surface area contributed by atoms with Gasteiger partial charge in [0.05, 0.1) is 12.3 Å². The summed E-state index contributed by atoms with van der Waals surface area (Å²) in [6, 6.07) is 9.07. The van der Waals surface area contributed by atoms with E-state index in [0.29, 0.717) is 35.1 Å². The van der Waals surface area contributed by atoms with Crippen molar-refractivity contribution in [3.8, 4) is 17.2 Å². The molecule has 154 valence electrons. The summed E-state index contributed by atoms with van der Waals surface area (Å²) in [6.07, 6.45) is 1.49. The third-order valence-electron chi connectivity index (χ3n) is 4.67. The van der Waals surface area contributed by atoms with Gasteiger partial charge in [0.15, 0.2) is 16.6 Å². The van der Waals surface area contributed by atoms with E-state index in [0.717, 1.165) is 11.1 Å². The van der Waals surface area contributed by atoms with Crippen LogP contribution in [0, 0.1) is 13.8 Å². The molecule has 0 aliphatic carbocycles. The maximum absolute atomic E-state index is 13.3. The summed E-state index contributed by atoms with van der Waals surface area (Å²) in [5, 5.41) is 2.65. The fourth-order valence-electron chi connectivity index (χ4n) is 3.46. The van der Waals surface area contributed by atoms with Crippen LogP contribution < -0.4 is 24.4 Å². The van der Waals surface area contributed by atoms with E-state index >= 15 is 0 Å². The van der Waals surface area contributed by atoms with Crippen LogP contribution in [0.15, 0.2) is 35.9 Å². The van der Waals surface area contributed by atoms with Crippen LogP contribution in [0.2, 0.25) is 0 Å². The molecule has 2 aliphatic rings. The lowest BCUT2D eigenvalue weighted by Gasteiger charge is -2.29. The zero-order valence-corrected chi connectivity index (χ0v) is 17.6. The molecule has 30 heavy (non-hydrogen) atoms. The van der Waals surface area contributed by atoms with Gasteiger partial charge in [0.1, 0.15) is 11.3 Å². The lowest BCUT2D eigenvalue weighted by atomic mass is 10.0. The second-order valence-electron chi connectivity index (χ2n) is 6.98. The van der Waals surface area contributed by atoms with Crippen molar-refractivity contribution in [1.29, 1.82) is 0 Å². The molecule has 8 heteroatoms. The monoisotopic (exact) mass is 424 g/mol. The highest BCUT2D eigenvalue weighted by Crippen LogP contribution is 2.39. The van der Waals surface area contributed by atoms with Gasteiger partial charge < -0.3 is 14.2 Å². The van der Waals surface area contributed by atoms with Gasteiger partial charge in [-0.05, 0) is 68.4 Å². The number of hydrogen-bond donors (Lipinski definition) is 1. The first-order chi connectivity index (χ1) is 14.4. The number of fused-ring (bicyclic) bond motifs is 1. The zero-order chi connectivity index (χ0) is 21.4. The molecular formula is C22H20N2O5S. The predicted octanol–water partition coefficient (Wildman–Crippen LogP) is 3.26. The molecule has 2 aliphatic heterocycles. The van der Waals surface area contributed by atoms with E-state index < -0.39 is 11.8 Å². The van der Waals surface area contributed by atoms with Crippen LogP contribution in [0.25, 0.3) is 6.08 Å². The van der Waals surface area contributed by atoms with Crippen LogP contribution in [-0.4, -0.2) is 30.3 Å². The Labute approximate surface area is 179 Å². The molecule has 0 saturated carbocycles. The second-order valence-corrected chi connectivity index (χ2v) is 7.37. The Kier molecular flexibility index (Phi) is 5.17. The van der Waals surface area contributed by atoms with Gasteiger partial charge in [0.25, 0.3) is 11.8 Å². The topological polar surface area (TPSA) is 77.1 Å². The minimum Gasteiger partial charge on any atom is -0.493 e. The maximum atomic E-state index is 13.3. The molecule has 0 bridgehead atoms. The van der Waals surface area contributed by atoms with E-state index in [9.17, 15) is 9.59 Å². The number of carbonyl (C=O) groups is 2. The van der Waals surface area contributed by atoms with Crippen molar-refractivity contribution in [1.82, 2.24) is 5.32 Å². The molecular weight excluding hydrogens is 404 g/mol. The third-order valence-corrected chi connectivity index (χ3v) is 4.96. The van der Waals surface area contributed by atoms with E-state index in [4.69, 9.17) is 26.4 Å². The predicted molar refractivity (Wildman–Crippen MR) is 116 cm³/mol. The van der Waals surface area contributed by atoms with Gasteiger partial charge in [-0.15, -0.1) is 0 Å². The molecule has 4 rings (SSSR count). The maximum Gasteiger partial charge on any atom is 0.270 e. The highest BCUT2D eigenvalue weighted by Gasteiger charge is 2.35. The molecule has 2 aromatic rings. The van der Waals surface area contributed by atoms with E-state index in [1.165, 1.54) is 11.0 Å². The number of nitrogens with zero attached hydrogens (tertiary/aromatic N) is 1. The van der Waals surface area contributed by atoms with Crippen LogP contribution in [-0.2, 0) is 9.59 Å². The summed E-state index contributed by atoms with van der Waals surface area (Å²) in [5.41, 5.74) is 3.05. The summed E-state index contributed by atoms with van der Waals surface area (Å²) in [5.74, 6) is 0.495. The number of benzene rings is 2. The highest BCUT2D eigenvalue weighted by atomic mass is 32.1. The number of amides is 2. The summed E-state index contributed by atoms with van der Waals surface area (Å²) >= 11 is 5.28. The SMILES string of the molecule is CCOc1cc2c(cc1C=C1C(=O)NC(=S)N(c3cc(C)cc(C)c3)C1=O)OCO2. The minimum absolute atomic E-state index is 0.0443. The van der Waals surface area contributed by atoms with Crippen LogP contribution >= 0.6 is 12.2 Å². The fraction of sp³-hybridized carbons (Fsp3) is 0.227. The molecule has 2 amide bonds. The van der Waals surface area contributed by atoms with Crippen molar-refractivity contribution in [3.63, 3.8) is 0 Å². The van der Waals surface area contributed by atoms with E-state index in [-0.39, 0.29) is 17.5 Å². The van der Waals surface area contributed by atoms with Crippen LogP contribution in [0.5, 0.6) is 17.2 Å². The van der Waals surface area contributed by atoms with Gasteiger partial charge in [-0.3, -0.25) is 19.8 Å². The average Bonchev–Trinajstić information content (AvgIpc) is 3.11. The lowest BCUT2D eigenvalue weighted by molar-refractivity contribution is -0.122. The van der Waals surface area contributed by atoms with Crippen molar-refractivity contribution in [2.24, 2.45) is 0 Å². The molecule has 0 radical (unpaired) electrons. The van der Waals surface area contributed by atoms with Gasteiger partial charge in [0.2, 0.25) is 6.79 Å². The largest absolute Gasteiger partial charge is 0.493 e. The molecule has 7 nitrogen and oxygen atoms in total. The van der Waals surface area contributed by atoms with E-state index in [1.807, 2.05) is 39.0 Å². The molecule has 1 saturated heterocycles. The molecule has 0 aromatic heterocycles. The number of nitrogens with one attached hydrogen (secondary N) is 1. The number of ether oxygens (including phenoxy) is 3. The van der Waals surface area contributed by atoms with Crippen molar-refractivity contribution >= 4 is 40.9 Å². The fourth-order valence-corrected chi connectivity index (χ4v) is 3.74. The Bertz CT molecular complexity index is 1090. The smallest absolute Gasteiger partial charge is 0.270 e. The van der Waals surface area contributed by atoms with Gasteiger partial charge in [-0.25, -0.2) is 0 Å². The normalized spacial score (nSPS) is 16.8. The lowest BCUT2D eigenvalue weighted by Crippen LogP contribution is -2.54. The molecule has 0 atom stereocenters. The Morgan fingerprint density at radius 1 is 1.10 bits per heavy atom. The molecule has 1 fully saturated rings. The number of thiocarbonyl (C=S) groups is 1. The van der Waals surface area contributed by atoms with E-state index in [2.05, 4.69) is 5.32 Å². The summed E-state index contributed by atoms with van der Waals surface area (Å²) in [6.45, 7) is 6.23. The summed E-state index contributed by atoms with van der Waals surface area (Å²) < 4.78 is 16.5. The van der Waals surface area contributed by atoms with E-state index in [1.54, 1.807) is 12.1 Å². The molecule has 0 unspecified atom stereocenters. The quantitative estimate of drug-likeness (QED) is 0.461. The highest BCUT2D eigenvalue weighted by molar-refractivity contribution is 7.80. The number of hydrogen-bond acceptors (Lipinski definition) is 6. The Hall–Kier alpha value is -3.39. The number of rotatable bonds is 4. The third kappa shape index (κ3) is 3.61. The first kappa shape index (κ1) is 19.9. The minimum atomic E-state index is -0.564. The zero-order valence-electron chi connectivity index (χ0n) is 16.8. The number of anilines is 1. The number of aryl methyl sites for hydroxylation is 2. The Morgan fingerprint density at radius 3 is 2.43 bits per heavy atom. The van der Waals surface area contributed by atoms with Gasteiger partial charge in [-0.1, -0.05) is 6.07 Å². The van der Waals surface area contributed by atoms with Crippen LogP contribution in [0.3, 0.4) is 0 Å². The molecule has 0 spiro atoms. The van der Waals surface area contributed by atoms with Gasteiger partial charge in [0, 0.05) is 11.6 Å². The Balaban J connectivity index is 1.78. The average molecular weight is 424 g/mol. The van der Waals surface area contributed by atoms with Crippen molar-refractivity contribution < 1.29 is 23.8 Å². The summed E-state index contributed by atoms with van der Waals surface area (Å²) in [4.78, 5) is 27.2. The molecule has 2 heterocycles. The van der Waals surface area contributed by atoms with Crippen LogP contribution in [0.4, 0.5) is 5.69 Å².